The fraction of sp³-hybridized carbons (Fsp3) is 0.600. The van der Waals surface area contributed by atoms with Gasteiger partial charge in [-0.05, 0) is 0 Å². The van der Waals surface area contributed by atoms with Gasteiger partial charge in [-0.25, -0.2) is 4.98 Å². The molecule has 1 unspecified atom stereocenters. The summed E-state index contributed by atoms with van der Waals surface area (Å²) in [5.74, 6) is 0.586. The van der Waals surface area contributed by atoms with Crippen LogP contribution >= 0.6 is 11.6 Å². The molecule has 90 valence electrons. The predicted octanol–water partition coefficient (Wildman–Crippen LogP) is 0.333. The number of ether oxygens (including phenoxy) is 1. The van der Waals surface area contributed by atoms with Gasteiger partial charge in [0.05, 0.1) is 7.11 Å². The first-order valence-corrected chi connectivity index (χ1v) is 5.47. The molecule has 0 saturated carbocycles. The molecule has 0 amide bonds. The van der Waals surface area contributed by atoms with Crippen LogP contribution < -0.4 is 5.32 Å². The number of aryl methyl sites for hydroxylation is 1. The van der Waals surface area contributed by atoms with E-state index < -0.39 is 11.3 Å². The van der Waals surface area contributed by atoms with Crippen LogP contribution in [0.15, 0.2) is 12.4 Å². The molecule has 1 rings (SSSR count). The highest BCUT2D eigenvalue weighted by Gasteiger charge is 2.14. The van der Waals surface area contributed by atoms with E-state index in [4.69, 9.17) is 11.6 Å². The molecule has 0 aromatic carbocycles. The first kappa shape index (κ1) is 13.0. The fourth-order valence-corrected chi connectivity index (χ4v) is 1.48. The lowest BCUT2D eigenvalue weighted by Gasteiger charge is -2.08. The van der Waals surface area contributed by atoms with Crippen LogP contribution in [-0.4, -0.2) is 41.1 Å². The van der Waals surface area contributed by atoms with E-state index in [9.17, 15) is 4.79 Å². The van der Waals surface area contributed by atoms with Crippen LogP contribution in [0.2, 0.25) is 0 Å². The van der Waals surface area contributed by atoms with Crippen LogP contribution in [-0.2, 0) is 23.0 Å². The monoisotopic (exact) mass is 245 g/mol. The number of carbonyl (C=O) groups excluding carboxylic acids is 1. The van der Waals surface area contributed by atoms with E-state index in [0.717, 1.165) is 18.8 Å². The molecule has 1 atom stereocenters. The summed E-state index contributed by atoms with van der Waals surface area (Å²) in [5.41, 5.74) is 0. The maximum absolute atomic E-state index is 11.0. The minimum atomic E-state index is -0.633. The van der Waals surface area contributed by atoms with Crippen molar-refractivity contribution in [3.8, 4) is 0 Å². The zero-order chi connectivity index (χ0) is 12.0. The molecule has 0 radical (unpaired) electrons. The second kappa shape index (κ2) is 6.50. The van der Waals surface area contributed by atoms with Gasteiger partial charge >= 0.3 is 5.97 Å². The van der Waals surface area contributed by atoms with Crippen LogP contribution in [0.1, 0.15) is 5.82 Å². The number of nitrogens with zero attached hydrogens (tertiary/aromatic N) is 2. The topological polar surface area (TPSA) is 56.1 Å². The lowest BCUT2D eigenvalue weighted by atomic mass is 10.3. The standard InChI is InChI=1S/C10H16ClN3O2/c1-14-6-5-13-9(14)3-4-12-7-8(11)10(15)16-2/h5-6,8,12H,3-4,7H2,1-2H3. The van der Waals surface area contributed by atoms with Crippen LogP contribution in [0.3, 0.4) is 0 Å². The Kier molecular flexibility index (Phi) is 5.28. The summed E-state index contributed by atoms with van der Waals surface area (Å²) in [5, 5.41) is 2.45. The first-order valence-electron chi connectivity index (χ1n) is 5.04. The Morgan fingerprint density at radius 2 is 2.50 bits per heavy atom. The first-order chi connectivity index (χ1) is 7.65. The molecule has 1 aromatic heterocycles. The molecule has 1 heterocycles. The van der Waals surface area contributed by atoms with Crippen molar-refractivity contribution in [1.29, 1.82) is 0 Å². The number of hydrogen-bond donors (Lipinski definition) is 1. The van der Waals surface area contributed by atoms with Crippen molar-refractivity contribution in [3.63, 3.8) is 0 Å². The summed E-state index contributed by atoms with van der Waals surface area (Å²) >= 11 is 5.77. The minimum Gasteiger partial charge on any atom is -0.468 e. The summed E-state index contributed by atoms with van der Waals surface area (Å²) in [6.45, 7) is 1.13. The lowest BCUT2D eigenvalue weighted by Crippen LogP contribution is -2.31. The van der Waals surface area contributed by atoms with Gasteiger partial charge in [-0.3, -0.25) is 4.79 Å². The number of hydrogen-bond acceptors (Lipinski definition) is 4. The number of aromatic nitrogens is 2. The molecular weight excluding hydrogens is 230 g/mol. The number of methoxy groups -OCH3 is 1. The maximum atomic E-state index is 11.0. The SMILES string of the molecule is COC(=O)C(Cl)CNCCc1nccn1C. The van der Waals surface area contributed by atoms with Gasteiger partial charge in [0.1, 0.15) is 11.2 Å². The van der Waals surface area contributed by atoms with Crippen molar-refractivity contribution >= 4 is 17.6 Å². The third-order valence-corrected chi connectivity index (χ3v) is 2.56. The van der Waals surface area contributed by atoms with Gasteiger partial charge in [-0.15, -0.1) is 11.6 Å². The molecule has 1 N–H and O–H groups in total. The number of halogens is 1. The van der Waals surface area contributed by atoms with Gasteiger partial charge < -0.3 is 14.6 Å². The van der Waals surface area contributed by atoms with E-state index in [1.54, 1.807) is 6.20 Å². The predicted molar refractivity (Wildman–Crippen MR) is 61.4 cm³/mol. The van der Waals surface area contributed by atoms with E-state index in [2.05, 4.69) is 15.0 Å². The highest BCUT2D eigenvalue weighted by atomic mass is 35.5. The Morgan fingerprint density at radius 3 is 3.06 bits per heavy atom. The second-order valence-corrected chi connectivity index (χ2v) is 3.93. The van der Waals surface area contributed by atoms with Crippen molar-refractivity contribution in [1.82, 2.24) is 14.9 Å². The Labute approximate surface area is 99.8 Å². The van der Waals surface area contributed by atoms with Gasteiger partial charge in [0.2, 0.25) is 0 Å². The van der Waals surface area contributed by atoms with Gasteiger partial charge in [0.25, 0.3) is 0 Å². The molecule has 0 aliphatic carbocycles. The van der Waals surface area contributed by atoms with Crippen LogP contribution in [0.4, 0.5) is 0 Å². The van der Waals surface area contributed by atoms with E-state index >= 15 is 0 Å². The largest absolute Gasteiger partial charge is 0.468 e. The quantitative estimate of drug-likeness (QED) is 0.446. The molecule has 1 aromatic rings. The van der Waals surface area contributed by atoms with Crippen molar-refractivity contribution < 1.29 is 9.53 Å². The molecular formula is C10H16ClN3O2. The van der Waals surface area contributed by atoms with Crippen LogP contribution in [0, 0.1) is 0 Å². The van der Waals surface area contributed by atoms with Gasteiger partial charge in [0, 0.05) is 39.0 Å². The summed E-state index contributed by atoms with van der Waals surface area (Å²) in [4.78, 5) is 15.2. The zero-order valence-electron chi connectivity index (χ0n) is 9.44. The number of carbonyl (C=O) groups is 1. The minimum absolute atomic E-state index is 0.401. The number of imidazole rings is 1. The normalized spacial score (nSPS) is 12.4. The summed E-state index contributed by atoms with van der Waals surface area (Å²) in [7, 11) is 3.27. The van der Waals surface area contributed by atoms with Crippen LogP contribution in [0.25, 0.3) is 0 Å². The van der Waals surface area contributed by atoms with Gasteiger partial charge in [0.15, 0.2) is 0 Å². The average molecular weight is 246 g/mol. The molecule has 16 heavy (non-hydrogen) atoms. The van der Waals surface area contributed by atoms with Crippen molar-refractivity contribution in [2.75, 3.05) is 20.2 Å². The van der Waals surface area contributed by atoms with Crippen molar-refractivity contribution in [2.24, 2.45) is 7.05 Å². The average Bonchev–Trinajstić information content (AvgIpc) is 2.69. The molecule has 0 spiro atoms. The summed E-state index contributed by atoms with van der Waals surface area (Å²) in [6, 6.07) is 0. The molecule has 0 bridgehead atoms. The molecule has 6 heteroatoms. The van der Waals surface area contributed by atoms with Gasteiger partial charge in [-0.2, -0.15) is 0 Å². The maximum Gasteiger partial charge on any atom is 0.325 e. The van der Waals surface area contributed by atoms with Crippen LogP contribution in [0.5, 0.6) is 0 Å². The number of alkyl halides is 1. The Bertz CT molecular complexity index is 341. The summed E-state index contributed by atoms with van der Waals surface area (Å²) in [6.07, 6.45) is 4.45. The van der Waals surface area contributed by atoms with Gasteiger partial charge in [-0.1, -0.05) is 0 Å². The Balaban J connectivity index is 2.17. The zero-order valence-corrected chi connectivity index (χ0v) is 10.2. The van der Waals surface area contributed by atoms with Crippen molar-refractivity contribution in [3.05, 3.63) is 18.2 Å². The summed E-state index contributed by atoms with van der Waals surface area (Å²) < 4.78 is 6.47. The third kappa shape index (κ3) is 3.83. The number of esters is 1. The Morgan fingerprint density at radius 1 is 1.75 bits per heavy atom. The molecule has 0 saturated heterocycles. The van der Waals surface area contributed by atoms with E-state index in [1.807, 2.05) is 17.8 Å². The Hall–Kier alpha value is -1.07. The van der Waals surface area contributed by atoms with E-state index in [0.29, 0.717) is 6.54 Å². The fourth-order valence-electron chi connectivity index (χ4n) is 1.28. The molecule has 0 aliphatic rings. The number of rotatable bonds is 6. The highest BCUT2D eigenvalue weighted by Crippen LogP contribution is 1.97. The lowest BCUT2D eigenvalue weighted by molar-refractivity contribution is -0.140. The smallest absolute Gasteiger partial charge is 0.325 e. The third-order valence-electron chi connectivity index (χ3n) is 2.23. The highest BCUT2D eigenvalue weighted by molar-refractivity contribution is 6.30. The molecule has 0 fully saturated rings. The second-order valence-electron chi connectivity index (χ2n) is 3.40. The molecule has 0 aliphatic heterocycles. The number of nitrogens with one attached hydrogen (secondary N) is 1. The van der Waals surface area contributed by atoms with E-state index in [1.165, 1.54) is 7.11 Å². The molecule has 5 nitrogen and oxygen atoms in total. The van der Waals surface area contributed by atoms with E-state index in [-0.39, 0.29) is 0 Å². The van der Waals surface area contributed by atoms with Crippen molar-refractivity contribution in [2.45, 2.75) is 11.8 Å².